The van der Waals surface area contributed by atoms with Crippen LogP contribution in [0.25, 0.3) is 11.1 Å². The van der Waals surface area contributed by atoms with Crippen molar-refractivity contribution >= 4 is 28.9 Å². The first-order valence-electron chi connectivity index (χ1n) is 8.11. The largest absolute Gasteiger partial charge is 0.489 e. The molecular formula is C22H19IO2. The zero-order valence-corrected chi connectivity index (χ0v) is 16.4. The predicted octanol–water partition coefficient (Wildman–Crippen LogP) is 5.97. The van der Waals surface area contributed by atoms with E-state index in [2.05, 4.69) is 72.0 Å². The van der Waals surface area contributed by atoms with Crippen molar-refractivity contribution in [3.8, 4) is 16.9 Å². The van der Waals surface area contributed by atoms with Gasteiger partial charge in [-0.05, 0) is 101 Å². The standard InChI is InChI=1S/C22H19IO2/c1-15-11-21(8-6-19(15)13-24)25-14-17-4-3-5-18(12-17)22-9-7-20(23)10-16(22)2/h3-13H,14H2,1-2H3. The topological polar surface area (TPSA) is 26.3 Å². The molecule has 0 aliphatic rings. The number of hydrogen-bond donors (Lipinski definition) is 0. The highest BCUT2D eigenvalue weighted by Crippen LogP contribution is 2.26. The normalized spacial score (nSPS) is 10.5. The van der Waals surface area contributed by atoms with Crippen LogP contribution in [0.2, 0.25) is 0 Å². The second kappa shape index (κ2) is 7.83. The fourth-order valence-electron chi connectivity index (χ4n) is 2.82. The van der Waals surface area contributed by atoms with E-state index in [-0.39, 0.29) is 0 Å². The molecule has 0 N–H and O–H groups in total. The van der Waals surface area contributed by atoms with Crippen molar-refractivity contribution in [2.45, 2.75) is 20.5 Å². The molecule has 0 spiro atoms. The smallest absolute Gasteiger partial charge is 0.150 e. The summed E-state index contributed by atoms with van der Waals surface area (Å²) in [4.78, 5) is 10.9. The van der Waals surface area contributed by atoms with Gasteiger partial charge in [-0.2, -0.15) is 0 Å². The maximum absolute atomic E-state index is 10.9. The summed E-state index contributed by atoms with van der Waals surface area (Å²) < 4.78 is 7.14. The van der Waals surface area contributed by atoms with E-state index in [0.717, 1.165) is 23.2 Å². The van der Waals surface area contributed by atoms with Crippen LogP contribution in [0.3, 0.4) is 0 Å². The van der Waals surface area contributed by atoms with E-state index < -0.39 is 0 Å². The molecule has 0 unspecified atom stereocenters. The van der Waals surface area contributed by atoms with Crippen molar-refractivity contribution in [2.75, 3.05) is 0 Å². The van der Waals surface area contributed by atoms with Gasteiger partial charge >= 0.3 is 0 Å². The Morgan fingerprint density at radius 2 is 1.80 bits per heavy atom. The number of halogens is 1. The Morgan fingerprint density at radius 1 is 0.960 bits per heavy atom. The highest BCUT2D eigenvalue weighted by Gasteiger charge is 2.05. The maximum Gasteiger partial charge on any atom is 0.150 e. The highest BCUT2D eigenvalue weighted by atomic mass is 127. The Hall–Kier alpha value is -2.14. The molecule has 3 aromatic carbocycles. The Balaban J connectivity index is 1.78. The average molecular weight is 442 g/mol. The van der Waals surface area contributed by atoms with Crippen LogP contribution >= 0.6 is 22.6 Å². The molecule has 126 valence electrons. The molecule has 0 heterocycles. The minimum absolute atomic E-state index is 0.497. The lowest BCUT2D eigenvalue weighted by Crippen LogP contribution is -1.97. The lowest BCUT2D eigenvalue weighted by molar-refractivity contribution is 0.112. The van der Waals surface area contributed by atoms with Crippen molar-refractivity contribution in [3.63, 3.8) is 0 Å². The summed E-state index contributed by atoms with van der Waals surface area (Å²) in [5, 5.41) is 0. The van der Waals surface area contributed by atoms with Gasteiger partial charge in [-0.1, -0.05) is 24.3 Å². The third kappa shape index (κ3) is 4.28. The maximum atomic E-state index is 10.9. The van der Waals surface area contributed by atoms with E-state index >= 15 is 0 Å². The van der Waals surface area contributed by atoms with E-state index in [1.165, 1.54) is 20.3 Å². The first-order valence-corrected chi connectivity index (χ1v) is 9.19. The van der Waals surface area contributed by atoms with Gasteiger partial charge in [0.25, 0.3) is 0 Å². The first-order chi connectivity index (χ1) is 12.1. The molecule has 2 nitrogen and oxygen atoms in total. The van der Waals surface area contributed by atoms with E-state index in [1.54, 1.807) is 6.07 Å². The van der Waals surface area contributed by atoms with Gasteiger partial charge in [0.05, 0.1) is 0 Å². The van der Waals surface area contributed by atoms with Crippen LogP contribution in [-0.4, -0.2) is 6.29 Å². The van der Waals surface area contributed by atoms with Crippen molar-refractivity contribution in [1.29, 1.82) is 0 Å². The number of hydrogen-bond acceptors (Lipinski definition) is 2. The molecule has 0 aromatic heterocycles. The van der Waals surface area contributed by atoms with Crippen molar-refractivity contribution in [1.82, 2.24) is 0 Å². The Morgan fingerprint density at radius 3 is 2.52 bits per heavy atom. The second-order valence-electron chi connectivity index (χ2n) is 6.08. The molecule has 0 aliphatic carbocycles. The molecule has 3 rings (SSSR count). The quantitative estimate of drug-likeness (QED) is 0.360. The molecule has 3 heteroatoms. The second-order valence-corrected chi connectivity index (χ2v) is 7.33. The van der Waals surface area contributed by atoms with Crippen LogP contribution in [0, 0.1) is 17.4 Å². The third-order valence-corrected chi connectivity index (χ3v) is 4.87. The van der Waals surface area contributed by atoms with Gasteiger partial charge in [-0.15, -0.1) is 0 Å². The first kappa shape index (κ1) is 17.7. The minimum atomic E-state index is 0.497. The molecule has 3 aromatic rings. The van der Waals surface area contributed by atoms with E-state index in [9.17, 15) is 4.79 Å². The summed E-state index contributed by atoms with van der Waals surface area (Å²) >= 11 is 2.33. The fraction of sp³-hybridized carbons (Fsp3) is 0.136. The molecule has 0 bridgehead atoms. The molecule has 0 fully saturated rings. The molecule has 0 radical (unpaired) electrons. The number of ether oxygens (including phenoxy) is 1. The van der Waals surface area contributed by atoms with Crippen LogP contribution in [-0.2, 0) is 6.61 Å². The summed E-state index contributed by atoms with van der Waals surface area (Å²) in [7, 11) is 0. The van der Waals surface area contributed by atoms with Crippen LogP contribution in [0.5, 0.6) is 5.75 Å². The molecule has 0 aliphatic heterocycles. The summed E-state index contributed by atoms with van der Waals surface area (Å²) in [6.07, 6.45) is 0.867. The minimum Gasteiger partial charge on any atom is -0.489 e. The van der Waals surface area contributed by atoms with Crippen LogP contribution < -0.4 is 4.74 Å². The van der Waals surface area contributed by atoms with E-state index in [4.69, 9.17) is 4.74 Å². The zero-order valence-electron chi connectivity index (χ0n) is 14.3. The monoisotopic (exact) mass is 442 g/mol. The summed E-state index contributed by atoms with van der Waals surface area (Å²) in [5.74, 6) is 0.777. The van der Waals surface area contributed by atoms with E-state index in [0.29, 0.717) is 12.2 Å². The Kier molecular flexibility index (Phi) is 5.53. The van der Waals surface area contributed by atoms with E-state index in [1.807, 2.05) is 19.1 Å². The van der Waals surface area contributed by atoms with Crippen molar-refractivity contribution < 1.29 is 9.53 Å². The number of aryl methyl sites for hydroxylation is 2. The summed E-state index contributed by atoms with van der Waals surface area (Å²) in [5.41, 5.74) is 6.45. The van der Waals surface area contributed by atoms with Gasteiger partial charge in [0.2, 0.25) is 0 Å². The molecule has 0 atom stereocenters. The Labute approximate surface area is 162 Å². The summed E-state index contributed by atoms with van der Waals surface area (Å²) in [6.45, 7) is 4.55. The van der Waals surface area contributed by atoms with Crippen LogP contribution in [0.4, 0.5) is 0 Å². The number of benzene rings is 3. The third-order valence-electron chi connectivity index (χ3n) is 4.20. The predicted molar refractivity (Wildman–Crippen MR) is 110 cm³/mol. The van der Waals surface area contributed by atoms with Crippen LogP contribution in [0.15, 0.2) is 60.7 Å². The number of carbonyl (C=O) groups is 1. The number of aldehydes is 1. The van der Waals surface area contributed by atoms with Crippen molar-refractivity contribution in [3.05, 3.63) is 86.5 Å². The molecule has 0 saturated carbocycles. The lowest BCUT2D eigenvalue weighted by Gasteiger charge is -2.11. The average Bonchev–Trinajstić information content (AvgIpc) is 2.60. The van der Waals surface area contributed by atoms with Gasteiger partial charge in [0.1, 0.15) is 18.6 Å². The molecule has 0 amide bonds. The van der Waals surface area contributed by atoms with Crippen molar-refractivity contribution in [2.24, 2.45) is 0 Å². The number of rotatable bonds is 5. The van der Waals surface area contributed by atoms with Crippen LogP contribution in [0.1, 0.15) is 27.0 Å². The lowest BCUT2D eigenvalue weighted by atomic mass is 9.99. The zero-order chi connectivity index (χ0) is 17.8. The molecule has 0 saturated heterocycles. The van der Waals surface area contributed by atoms with Gasteiger partial charge in [-0.25, -0.2) is 0 Å². The van der Waals surface area contributed by atoms with Gasteiger partial charge < -0.3 is 4.74 Å². The van der Waals surface area contributed by atoms with Gasteiger partial charge in [-0.3, -0.25) is 4.79 Å². The van der Waals surface area contributed by atoms with Gasteiger partial charge in [0.15, 0.2) is 0 Å². The Bertz CT molecular complexity index is 916. The molecule has 25 heavy (non-hydrogen) atoms. The SMILES string of the molecule is Cc1cc(OCc2cccc(-c3ccc(I)cc3C)c2)ccc1C=O. The number of carbonyl (C=O) groups excluding carboxylic acids is 1. The highest BCUT2D eigenvalue weighted by molar-refractivity contribution is 14.1. The van der Waals surface area contributed by atoms with Gasteiger partial charge in [0, 0.05) is 9.13 Å². The summed E-state index contributed by atoms with van der Waals surface area (Å²) in [6, 6.07) is 20.4. The fourth-order valence-corrected chi connectivity index (χ4v) is 3.46. The molecular weight excluding hydrogens is 423 g/mol.